The summed E-state index contributed by atoms with van der Waals surface area (Å²) < 4.78 is 39.5. The largest absolute Gasteiger partial charge is 0.416 e. The van der Waals surface area contributed by atoms with Crippen LogP contribution in [0.1, 0.15) is 16.7 Å². The summed E-state index contributed by atoms with van der Waals surface area (Å²) in [7, 11) is 0. The third kappa shape index (κ3) is 4.26. The van der Waals surface area contributed by atoms with Crippen LogP contribution in [-0.2, 0) is 12.6 Å². The topological polar surface area (TPSA) is 63.6 Å². The molecule has 0 atom stereocenters. The number of nitrogens with zero attached hydrogens (tertiary/aromatic N) is 3. The Kier molecular flexibility index (Phi) is 4.75. The number of benzene rings is 2. The zero-order valence-corrected chi connectivity index (χ0v) is 15.0. The predicted octanol–water partition coefficient (Wildman–Crippen LogP) is 4.23. The molecule has 0 radical (unpaired) electrons. The molecule has 4 aromatic rings. The lowest BCUT2D eigenvalue weighted by Gasteiger charge is -2.07. The molecule has 2 aromatic carbocycles. The van der Waals surface area contributed by atoms with E-state index in [1.165, 1.54) is 22.9 Å². The highest BCUT2D eigenvalue weighted by atomic mass is 19.4. The van der Waals surface area contributed by atoms with Crippen LogP contribution in [0.4, 0.5) is 13.2 Å². The molecule has 0 amide bonds. The molecule has 2 heterocycles. The summed E-state index contributed by atoms with van der Waals surface area (Å²) >= 11 is 0. The highest BCUT2D eigenvalue weighted by molar-refractivity contribution is 5.55. The molecule has 0 fully saturated rings. The quantitative estimate of drug-likeness (QED) is 0.561. The van der Waals surface area contributed by atoms with Gasteiger partial charge in [0.1, 0.15) is 5.82 Å². The number of aromatic nitrogens is 4. The van der Waals surface area contributed by atoms with Crippen molar-refractivity contribution in [2.45, 2.75) is 12.6 Å². The summed E-state index contributed by atoms with van der Waals surface area (Å²) in [5.41, 5.74) is 1.28. The molecule has 0 saturated carbocycles. The average molecular weight is 396 g/mol. The van der Waals surface area contributed by atoms with Gasteiger partial charge in [0.05, 0.1) is 11.8 Å². The Labute approximate surface area is 163 Å². The van der Waals surface area contributed by atoms with Crippen molar-refractivity contribution in [3.63, 3.8) is 0 Å². The van der Waals surface area contributed by atoms with Crippen molar-refractivity contribution in [3.8, 4) is 17.2 Å². The van der Waals surface area contributed by atoms with E-state index in [1.807, 2.05) is 30.3 Å². The number of hydrogen-bond acceptors (Lipinski definition) is 3. The average Bonchev–Trinajstić information content (AvgIpc) is 3.16. The first-order chi connectivity index (χ1) is 13.9. The fourth-order valence-corrected chi connectivity index (χ4v) is 2.92. The van der Waals surface area contributed by atoms with Gasteiger partial charge in [0.25, 0.3) is 5.56 Å². The monoisotopic (exact) mass is 396 g/mol. The molecule has 0 aliphatic rings. The number of aromatic amines is 1. The van der Waals surface area contributed by atoms with Crippen LogP contribution in [-0.4, -0.2) is 19.7 Å². The van der Waals surface area contributed by atoms with Gasteiger partial charge in [-0.1, -0.05) is 42.5 Å². The third-order valence-electron chi connectivity index (χ3n) is 4.34. The molecule has 29 heavy (non-hydrogen) atoms. The van der Waals surface area contributed by atoms with E-state index in [9.17, 15) is 18.0 Å². The van der Waals surface area contributed by atoms with Crippen molar-refractivity contribution < 1.29 is 13.2 Å². The van der Waals surface area contributed by atoms with Crippen LogP contribution in [0.3, 0.4) is 0 Å². The highest BCUT2D eigenvalue weighted by Gasteiger charge is 2.29. The van der Waals surface area contributed by atoms with Crippen molar-refractivity contribution in [2.75, 3.05) is 0 Å². The molecular weight excluding hydrogens is 381 g/mol. The second kappa shape index (κ2) is 7.38. The zero-order chi connectivity index (χ0) is 20.4. The molecule has 0 unspecified atom stereocenters. The molecule has 4 rings (SSSR count). The molecule has 0 aliphatic heterocycles. The maximum Gasteiger partial charge on any atom is 0.416 e. The van der Waals surface area contributed by atoms with Crippen LogP contribution in [0.5, 0.6) is 0 Å². The Morgan fingerprint density at radius 1 is 0.966 bits per heavy atom. The number of rotatable bonds is 4. The number of halogens is 3. The van der Waals surface area contributed by atoms with Gasteiger partial charge in [-0.15, -0.1) is 0 Å². The molecule has 0 spiro atoms. The second-order valence-corrected chi connectivity index (χ2v) is 6.48. The lowest BCUT2D eigenvalue weighted by Crippen LogP contribution is -2.12. The van der Waals surface area contributed by atoms with Crippen molar-refractivity contribution in [1.82, 2.24) is 19.7 Å². The minimum Gasteiger partial charge on any atom is -0.306 e. The van der Waals surface area contributed by atoms with Crippen molar-refractivity contribution in [3.05, 3.63) is 100 Å². The standard InChI is InChI=1S/C21H15F3N4O/c22-21(23,24)17-8-6-14(7-9-17)10-15-12-25-28(13-15)18-11-19(29)27-20(26-18)16-4-2-1-3-5-16/h1-9,11-13H,10H2,(H,26,27,29). The predicted molar refractivity (Wildman–Crippen MR) is 102 cm³/mol. The summed E-state index contributed by atoms with van der Waals surface area (Å²) in [6.45, 7) is 0. The lowest BCUT2D eigenvalue weighted by molar-refractivity contribution is -0.137. The molecule has 1 N–H and O–H groups in total. The SMILES string of the molecule is O=c1cc(-n2cc(Cc3ccc(C(F)(F)F)cc3)cn2)nc(-c2ccccc2)[nH]1. The van der Waals surface area contributed by atoms with Crippen LogP contribution < -0.4 is 5.56 Å². The van der Waals surface area contributed by atoms with Crippen molar-refractivity contribution >= 4 is 0 Å². The van der Waals surface area contributed by atoms with Crippen LogP contribution in [0.25, 0.3) is 17.2 Å². The maximum absolute atomic E-state index is 12.7. The van der Waals surface area contributed by atoms with Gasteiger partial charge >= 0.3 is 6.18 Å². The van der Waals surface area contributed by atoms with E-state index in [0.29, 0.717) is 18.1 Å². The lowest BCUT2D eigenvalue weighted by atomic mass is 10.1. The fraction of sp³-hybridized carbons (Fsp3) is 0.0952. The highest BCUT2D eigenvalue weighted by Crippen LogP contribution is 2.29. The Morgan fingerprint density at radius 3 is 2.38 bits per heavy atom. The van der Waals surface area contributed by atoms with Crippen LogP contribution >= 0.6 is 0 Å². The van der Waals surface area contributed by atoms with Gasteiger partial charge < -0.3 is 4.98 Å². The first-order valence-corrected chi connectivity index (χ1v) is 8.75. The van der Waals surface area contributed by atoms with Crippen molar-refractivity contribution in [2.24, 2.45) is 0 Å². The number of H-pyrrole nitrogens is 1. The van der Waals surface area contributed by atoms with Gasteiger partial charge in [0.15, 0.2) is 5.82 Å². The summed E-state index contributed by atoms with van der Waals surface area (Å²) in [5.74, 6) is 0.777. The smallest absolute Gasteiger partial charge is 0.306 e. The normalized spacial score (nSPS) is 11.6. The zero-order valence-electron chi connectivity index (χ0n) is 15.0. The van der Waals surface area contributed by atoms with Gasteiger partial charge in [-0.05, 0) is 23.3 Å². The Hall–Kier alpha value is -3.68. The molecular formula is C21H15F3N4O. The van der Waals surface area contributed by atoms with E-state index >= 15 is 0 Å². The summed E-state index contributed by atoms with van der Waals surface area (Å²) in [6, 6.07) is 15.6. The van der Waals surface area contributed by atoms with Gasteiger partial charge in [-0.25, -0.2) is 9.67 Å². The van der Waals surface area contributed by atoms with Gasteiger partial charge in [-0.2, -0.15) is 18.3 Å². The molecule has 146 valence electrons. The Morgan fingerprint density at radius 2 is 1.69 bits per heavy atom. The number of alkyl halides is 3. The first kappa shape index (κ1) is 18.7. The fourth-order valence-electron chi connectivity index (χ4n) is 2.92. The van der Waals surface area contributed by atoms with Crippen LogP contribution in [0.2, 0.25) is 0 Å². The van der Waals surface area contributed by atoms with E-state index in [2.05, 4.69) is 15.1 Å². The Balaban J connectivity index is 1.58. The van der Waals surface area contributed by atoms with Gasteiger partial charge in [-0.3, -0.25) is 4.79 Å². The van der Waals surface area contributed by atoms with Gasteiger partial charge in [0.2, 0.25) is 0 Å². The minimum absolute atomic E-state index is 0.311. The number of hydrogen-bond donors (Lipinski definition) is 1. The van der Waals surface area contributed by atoms with Crippen LogP contribution in [0.15, 0.2) is 77.9 Å². The third-order valence-corrected chi connectivity index (χ3v) is 4.34. The summed E-state index contributed by atoms with van der Waals surface area (Å²) in [5, 5.41) is 4.24. The molecule has 5 nitrogen and oxygen atoms in total. The van der Waals surface area contributed by atoms with Crippen molar-refractivity contribution in [1.29, 1.82) is 0 Å². The Bertz CT molecular complexity index is 1180. The van der Waals surface area contributed by atoms with Gasteiger partial charge in [0, 0.05) is 24.2 Å². The number of nitrogens with one attached hydrogen (secondary N) is 1. The van der Waals surface area contributed by atoms with Crippen LogP contribution in [0, 0.1) is 0 Å². The molecule has 0 aliphatic carbocycles. The van der Waals surface area contributed by atoms with E-state index in [1.54, 1.807) is 12.4 Å². The van der Waals surface area contributed by atoms with E-state index in [0.717, 1.165) is 28.8 Å². The molecule has 8 heteroatoms. The molecule has 0 bridgehead atoms. The van der Waals surface area contributed by atoms with E-state index in [4.69, 9.17) is 0 Å². The summed E-state index contributed by atoms with van der Waals surface area (Å²) in [6.07, 6.45) is -0.643. The summed E-state index contributed by atoms with van der Waals surface area (Å²) in [4.78, 5) is 19.2. The molecule has 2 aromatic heterocycles. The van der Waals surface area contributed by atoms with E-state index in [-0.39, 0.29) is 5.56 Å². The first-order valence-electron chi connectivity index (χ1n) is 8.75. The van der Waals surface area contributed by atoms with E-state index < -0.39 is 11.7 Å². The minimum atomic E-state index is -4.36. The maximum atomic E-state index is 12.7. The molecule has 0 saturated heterocycles. The second-order valence-electron chi connectivity index (χ2n) is 6.48.